The lowest BCUT2D eigenvalue weighted by atomic mass is 9.88. The van der Waals surface area contributed by atoms with Gasteiger partial charge in [-0.15, -0.1) is 0 Å². The number of benzene rings is 3. The van der Waals surface area contributed by atoms with E-state index in [2.05, 4.69) is 20.5 Å². The average Bonchev–Trinajstić information content (AvgIpc) is 3.39. The summed E-state index contributed by atoms with van der Waals surface area (Å²) in [5.74, 6) is -1.30. The standard InChI is InChI=1S/C27H23N5O4/c1-18-23(26(34)36-17-20-10-6-3-7-11-20)24(32-27(28-18)29-30-31-32)21-12-14-22(15-13-21)25(33)35-16-19-8-4-2-5-9-19/h2-15,23-24H,16-17H2,1H3. The van der Waals surface area contributed by atoms with Crippen molar-refractivity contribution < 1.29 is 19.1 Å². The van der Waals surface area contributed by atoms with Gasteiger partial charge in [0.1, 0.15) is 25.2 Å². The summed E-state index contributed by atoms with van der Waals surface area (Å²) in [5, 5.41) is 11.8. The number of nitrogens with zero attached hydrogens (tertiary/aromatic N) is 5. The molecular weight excluding hydrogens is 458 g/mol. The Morgan fingerprint density at radius 3 is 2.08 bits per heavy atom. The maximum absolute atomic E-state index is 13.2. The molecule has 180 valence electrons. The van der Waals surface area contributed by atoms with Gasteiger partial charge in [-0.3, -0.25) is 4.79 Å². The van der Waals surface area contributed by atoms with Crippen molar-refractivity contribution in [3.8, 4) is 0 Å². The zero-order valence-electron chi connectivity index (χ0n) is 19.5. The molecule has 2 unspecified atom stereocenters. The molecule has 4 aromatic rings. The third-order valence-electron chi connectivity index (χ3n) is 5.96. The first-order valence-corrected chi connectivity index (χ1v) is 11.4. The Morgan fingerprint density at radius 2 is 1.44 bits per heavy atom. The molecule has 1 aliphatic heterocycles. The van der Waals surface area contributed by atoms with Crippen LogP contribution in [0.5, 0.6) is 0 Å². The number of tetrazole rings is 1. The van der Waals surface area contributed by atoms with Crippen molar-refractivity contribution in [1.29, 1.82) is 0 Å². The van der Waals surface area contributed by atoms with Gasteiger partial charge in [-0.05, 0) is 46.2 Å². The lowest BCUT2D eigenvalue weighted by Gasteiger charge is -2.29. The first kappa shape index (κ1) is 23.1. The molecular formula is C27H23N5O4. The minimum atomic E-state index is -0.736. The lowest BCUT2D eigenvalue weighted by Crippen LogP contribution is -2.37. The highest BCUT2D eigenvalue weighted by Gasteiger charge is 2.40. The number of hydrogen-bond acceptors (Lipinski definition) is 8. The first-order chi connectivity index (χ1) is 17.6. The molecule has 9 nitrogen and oxygen atoms in total. The van der Waals surface area contributed by atoms with Crippen LogP contribution in [-0.2, 0) is 27.5 Å². The van der Waals surface area contributed by atoms with Gasteiger partial charge in [0.2, 0.25) is 0 Å². The van der Waals surface area contributed by atoms with Crippen molar-refractivity contribution in [2.45, 2.75) is 26.2 Å². The van der Waals surface area contributed by atoms with Crippen LogP contribution in [0.25, 0.3) is 0 Å². The maximum Gasteiger partial charge on any atom is 0.338 e. The highest BCUT2D eigenvalue weighted by Crippen LogP contribution is 2.35. The van der Waals surface area contributed by atoms with Crippen molar-refractivity contribution in [2.75, 3.05) is 0 Å². The fourth-order valence-electron chi connectivity index (χ4n) is 4.11. The highest BCUT2D eigenvalue weighted by molar-refractivity contribution is 6.03. The van der Waals surface area contributed by atoms with Crippen LogP contribution in [0, 0.1) is 5.92 Å². The van der Waals surface area contributed by atoms with Crippen LogP contribution in [0.15, 0.2) is 89.9 Å². The van der Waals surface area contributed by atoms with E-state index in [0.717, 1.165) is 16.7 Å². The van der Waals surface area contributed by atoms with E-state index in [0.29, 0.717) is 17.2 Å². The van der Waals surface area contributed by atoms with Crippen LogP contribution >= 0.6 is 0 Å². The summed E-state index contributed by atoms with van der Waals surface area (Å²) in [6.45, 7) is 2.09. The largest absolute Gasteiger partial charge is 0.460 e. The van der Waals surface area contributed by atoms with E-state index in [1.54, 1.807) is 31.2 Å². The van der Waals surface area contributed by atoms with E-state index >= 15 is 0 Å². The monoisotopic (exact) mass is 481 g/mol. The fraction of sp³-hybridized carbons (Fsp3) is 0.185. The summed E-state index contributed by atoms with van der Waals surface area (Å²) in [5.41, 5.74) is 3.47. The molecule has 2 heterocycles. The Balaban J connectivity index is 1.35. The van der Waals surface area contributed by atoms with Gasteiger partial charge in [-0.1, -0.05) is 77.9 Å². The van der Waals surface area contributed by atoms with Crippen molar-refractivity contribution >= 4 is 23.6 Å². The summed E-state index contributed by atoms with van der Waals surface area (Å²) in [6, 6.07) is 25.2. The zero-order chi connectivity index (χ0) is 24.9. The Kier molecular flexibility index (Phi) is 6.61. The second-order valence-electron chi connectivity index (χ2n) is 8.38. The van der Waals surface area contributed by atoms with E-state index in [1.165, 1.54) is 4.68 Å². The number of carbonyl (C=O) groups is 2. The van der Waals surface area contributed by atoms with Crippen molar-refractivity contribution in [2.24, 2.45) is 10.9 Å². The molecule has 5 rings (SSSR count). The molecule has 36 heavy (non-hydrogen) atoms. The van der Waals surface area contributed by atoms with Crippen LogP contribution in [0.3, 0.4) is 0 Å². The second kappa shape index (κ2) is 10.3. The Hall–Kier alpha value is -4.66. The van der Waals surface area contributed by atoms with Gasteiger partial charge < -0.3 is 9.47 Å². The molecule has 1 aliphatic rings. The summed E-state index contributed by atoms with van der Waals surface area (Å²) in [7, 11) is 0. The minimum absolute atomic E-state index is 0.144. The van der Waals surface area contributed by atoms with E-state index in [4.69, 9.17) is 9.47 Å². The van der Waals surface area contributed by atoms with Crippen LogP contribution in [0.1, 0.15) is 40.0 Å². The van der Waals surface area contributed by atoms with E-state index in [-0.39, 0.29) is 13.2 Å². The number of ether oxygens (including phenoxy) is 2. The Bertz CT molecular complexity index is 1380. The summed E-state index contributed by atoms with van der Waals surface area (Å²) in [4.78, 5) is 30.2. The number of aromatic nitrogens is 4. The number of carbonyl (C=O) groups excluding carboxylic acids is 2. The molecule has 1 aromatic heterocycles. The van der Waals surface area contributed by atoms with Gasteiger partial charge in [0.05, 0.1) is 5.56 Å². The quantitative estimate of drug-likeness (QED) is 0.366. The number of esters is 2. The number of hydrogen-bond donors (Lipinski definition) is 0. The molecule has 3 aromatic carbocycles. The third kappa shape index (κ3) is 4.90. The highest BCUT2D eigenvalue weighted by atomic mass is 16.5. The molecule has 0 fully saturated rings. The summed E-state index contributed by atoms with van der Waals surface area (Å²) >= 11 is 0. The third-order valence-corrected chi connectivity index (χ3v) is 5.96. The van der Waals surface area contributed by atoms with Gasteiger partial charge >= 0.3 is 11.9 Å². The van der Waals surface area contributed by atoms with Crippen molar-refractivity contribution in [1.82, 2.24) is 20.2 Å². The van der Waals surface area contributed by atoms with Crippen LogP contribution in [-0.4, -0.2) is 37.9 Å². The number of rotatable bonds is 7. The van der Waals surface area contributed by atoms with E-state index in [1.807, 2.05) is 60.7 Å². The van der Waals surface area contributed by atoms with Gasteiger partial charge in [0.25, 0.3) is 5.95 Å². The molecule has 0 aliphatic carbocycles. The SMILES string of the molecule is CC1=Nc2nnnn2C(c2ccc(C(=O)OCc3ccccc3)cc2)C1C(=O)OCc1ccccc1. The van der Waals surface area contributed by atoms with Gasteiger partial charge in [-0.2, -0.15) is 0 Å². The van der Waals surface area contributed by atoms with Gasteiger partial charge in [0.15, 0.2) is 0 Å². The van der Waals surface area contributed by atoms with Crippen LogP contribution in [0.4, 0.5) is 5.95 Å². The lowest BCUT2D eigenvalue weighted by molar-refractivity contribution is -0.148. The second-order valence-corrected chi connectivity index (χ2v) is 8.38. The van der Waals surface area contributed by atoms with Gasteiger partial charge in [0, 0.05) is 5.71 Å². The topological polar surface area (TPSA) is 109 Å². The summed E-state index contributed by atoms with van der Waals surface area (Å²) < 4.78 is 12.6. The predicted molar refractivity (Wildman–Crippen MR) is 130 cm³/mol. The average molecular weight is 482 g/mol. The Labute approximate surface area is 207 Å². The molecule has 0 bridgehead atoms. The van der Waals surface area contributed by atoms with E-state index < -0.39 is 23.9 Å². The van der Waals surface area contributed by atoms with Crippen LogP contribution in [0.2, 0.25) is 0 Å². The van der Waals surface area contributed by atoms with Gasteiger partial charge in [-0.25, -0.2) is 14.5 Å². The Morgan fingerprint density at radius 1 is 0.833 bits per heavy atom. The number of aliphatic imine (C=N–C) groups is 1. The minimum Gasteiger partial charge on any atom is -0.460 e. The van der Waals surface area contributed by atoms with Crippen molar-refractivity contribution in [3.63, 3.8) is 0 Å². The molecule has 2 atom stereocenters. The molecule has 0 radical (unpaired) electrons. The van der Waals surface area contributed by atoms with Crippen molar-refractivity contribution in [3.05, 3.63) is 107 Å². The summed E-state index contributed by atoms with van der Waals surface area (Å²) in [6.07, 6.45) is 0. The molecule has 9 heteroatoms. The smallest absolute Gasteiger partial charge is 0.338 e. The zero-order valence-corrected chi connectivity index (χ0v) is 19.5. The van der Waals surface area contributed by atoms with Crippen LogP contribution < -0.4 is 0 Å². The molecule has 0 saturated carbocycles. The number of fused-ring (bicyclic) bond motifs is 1. The first-order valence-electron chi connectivity index (χ1n) is 11.4. The van der Waals surface area contributed by atoms with E-state index in [9.17, 15) is 9.59 Å². The molecule has 0 saturated heterocycles. The molecule has 0 amide bonds. The fourth-order valence-corrected chi connectivity index (χ4v) is 4.11. The normalized spacial score (nSPS) is 16.5. The maximum atomic E-state index is 13.2. The molecule has 0 spiro atoms. The molecule has 0 N–H and O–H groups in total. The predicted octanol–water partition coefficient (Wildman–Crippen LogP) is 4.09.